The number of nitrogens with zero attached hydrogens (tertiary/aromatic N) is 5. The van der Waals surface area contributed by atoms with Gasteiger partial charge in [0.25, 0.3) is 11.7 Å². The van der Waals surface area contributed by atoms with E-state index in [-0.39, 0.29) is 11.8 Å². The Labute approximate surface area is 150 Å². The first-order valence-electron chi connectivity index (χ1n) is 8.34. The zero-order valence-electron chi connectivity index (χ0n) is 13.9. The molecule has 1 aliphatic rings. The third kappa shape index (κ3) is 3.09. The van der Waals surface area contributed by atoms with Crippen LogP contribution in [-0.4, -0.2) is 43.5 Å². The van der Waals surface area contributed by atoms with Gasteiger partial charge in [0, 0.05) is 35.3 Å². The van der Waals surface area contributed by atoms with Gasteiger partial charge < -0.3 is 4.90 Å². The first-order valence-corrected chi connectivity index (χ1v) is 8.72. The number of aromatic nitrogens is 4. The second kappa shape index (κ2) is 6.44. The zero-order chi connectivity index (χ0) is 17.4. The van der Waals surface area contributed by atoms with Crippen LogP contribution in [0.3, 0.4) is 0 Å². The van der Waals surface area contributed by atoms with E-state index >= 15 is 0 Å². The number of carbonyl (C=O) groups excluding carboxylic acids is 1. The Bertz CT molecular complexity index is 938. The van der Waals surface area contributed by atoms with E-state index in [1.165, 1.54) is 6.33 Å². The highest BCUT2D eigenvalue weighted by molar-refractivity contribution is 6.30. The Morgan fingerprint density at radius 1 is 1.32 bits per heavy atom. The Balaban J connectivity index is 1.62. The lowest BCUT2D eigenvalue weighted by Crippen LogP contribution is -2.39. The molecule has 1 aromatic carbocycles. The second-order valence-electron chi connectivity index (χ2n) is 6.39. The number of likely N-dealkylation sites (tertiary alicyclic amines) is 1. The summed E-state index contributed by atoms with van der Waals surface area (Å²) >= 11 is 6.03. The predicted octanol–water partition coefficient (Wildman–Crippen LogP) is 3.11. The van der Waals surface area contributed by atoms with Gasteiger partial charge in [-0.1, -0.05) is 17.7 Å². The summed E-state index contributed by atoms with van der Waals surface area (Å²) < 4.78 is 1.78. The normalized spacial score (nSPS) is 17.8. The van der Waals surface area contributed by atoms with Gasteiger partial charge in [-0.3, -0.25) is 4.79 Å². The maximum atomic E-state index is 12.8. The highest BCUT2D eigenvalue weighted by Crippen LogP contribution is 2.28. The molecule has 128 valence electrons. The van der Waals surface area contributed by atoms with Crippen molar-refractivity contribution >= 4 is 23.3 Å². The van der Waals surface area contributed by atoms with E-state index < -0.39 is 0 Å². The minimum atomic E-state index is 0.0211. The van der Waals surface area contributed by atoms with Gasteiger partial charge in [-0.25, -0.2) is 9.50 Å². The largest absolute Gasteiger partial charge is 0.338 e. The number of hydrogen-bond donors (Lipinski definition) is 0. The van der Waals surface area contributed by atoms with Crippen LogP contribution in [0.15, 0.2) is 36.7 Å². The van der Waals surface area contributed by atoms with Crippen molar-refractivity contribution < 1.29 is 4.79 Å². The van der Waals surface area contributed by atoms with E-state index in [0.717, 1.165) is 30.8 Å². The van der Waals surface area contributed by atoms with Gasteiger partial charge in [0.1, 0.15) is 6.33 Å². The fourth-order valence-electron chi connectivity index (χ4n) is 3.46. The molecule has 4 rings (SSSR count). The van der Waals surface area contributed by atoms with Crippen LogP contribution in [-0.2, 0) is 0 Å². The molecule has 3 aromatic rings. The fraction of sp³-hybridized carbons (Fsp3) is 0.333. The maximum Gasteiger partial charge on any atom is 0.253 e. The number of benzene rings is 1. The first kappa shape index (κ1) is 16.0. The standard InChI is InChI=1S/C18H18ClN5O/c1-12-8-16(24-18(22-12)20-11-21-24)14-5-3-7-23(10-14)17(25)13-4-2-6-15(19)9-13/h2,4,6,8-9,11,14H,3,5,7,10H2,1H3. The summed E-state index contributed by atoms with van der Waals surface area (Å²) in [4.78, 5) is 23.3. The summed E-state index contributed by atoms with van der Waals surface area (Å²) in [6.45, 7) is 3.37. The van der Waals surface area contributed by atoms with Gasteiger partial charge in [0.15, 0.2) is 0 Å². The number of piperidine rings is 1. The highest BCUT2D eigenvalue weighted by atomic mass is 35.5. The Morgan fingerprint density at radius 2 is 2.20 bits per heavy atom. The molecule has 1 aliphatic heterocycles. The van der Waals surface area contributed by atoms with Crippen LogP contribution in [0.2, 0.25) is 5.02 Å². The van der Waals surface area contributed by atoms with Crippen LogP contribution in [0.1, 0.15) is 40.5 Å². The lowest BCUT2D eigenvalue weighted by Gasteiger charge is -2.33. The lowest BCUT2D eigenvalue weighted by atomic mass is 9.93. The molecular formula is C18H18ClN5O. The number of amides is 1. The number of rotatable bonds is 2. The van der Waals surface area contributed by atoms with Crippen molar-refractivity contribution in [3.05, 3.63) is 58.6 Å². The monoisotopic (exact) mass is 355 g/mol. The molecule has 1 atom stereocenters. The minimum Gasteiger partial charge on any atom is -0.338 e. The van der Waals surface area contributed by atoms with Crippen molar-refractivity contribution in [3.63, 3.8) is 0 Å². The number of halogens is 1. The molecule has 0 N–H and O–H groups in total. The highest BCUT2D eigenvalue weighted by Gasteiger charge is 2.27. The zero-order valence-corrected chi connectivity index (χ0v) is 14.6. The van der Waals surface area contributed by atoms with Crippen LogP contribution in [0.4, 0.5) is 0 Å². The SMILES string of the molecule is Cc1cc(C2CCCN(C(=O)c3cccc(Cl)c3)C2)n2ncnc2n1. The van der Waals surface area contributed by atoms with Crippen molar-refractivity contribution in [2.45, 2.75) is 25.7 Å². The molecule has 0 bridgehead atoms. The maximum absolute atomic E-state index is 12.8. The number of hydrogen-bond acceptors (Lipinski definition) is 4. The molecule has 0 radical (unpaired) electrons. The molecule has 25 heavy (non-hydrogen) atoms. The Morgan fingerprint density at radius 3 is 3.04 bits per heavy atom. The summed E-state index contributed by atoms with van der Waals surface area (Å²) in [5.74, 6) is 0.837. The lowest BCUT2D eigenvalue weighted by molar-refractivity contribution is 0.0705. The molecule has 0 spiro atoms. The molecule has 3 heterocycles. The van der Waals surface area contributed by atoms with Gasteiger partial charge in [0.05, 0.1) is 5.69 Å². The third-order valence-electron chi connectivity index (χ3n) is 4.61. The van der Waals surface area contributed by atoms with E-state index in [1.54, 1.807) is 16.6 Å². The van der Waals surface area contributed by atoms with Gasteiger partial charge >= 0.3 is 0 Å². The van der Waals surface area contributed by atoms with E-state index in [0.29, 0.717) is 22.9 Å². The topological polar surface area (TPSA) is 63.4 Å². The van der Waals surface area contributed by atoms with Gasteiger partial charge in [-0.05, 0) is 44.0 Å². The second-order valence-corrected chi connectivity index (χ2v) is 6.83. The van der Waals surface area contributed by atoms with Crippen molar-refractivity contribution in [1.29, 1.82) is 0 Å². The number of aryl methyl sites for hydroxylation is 1. The van der Waals surface area contributed by atoms with E-state index in [1.807, 2.05) is 30.0 Å². The molecule has 1 unspecified atom stereocenters. The number of fused-ring (bicyclic) bond motifs is 1. The Hall–Kier alpha value is -2.47. The van der Waals surface area contributed by atoms with Crippen molar-refractivity contribution in [1.82, 2.24) is 24.5 Å². The summed E-state index contributed by atoms with van der Waals surface area (Å²) in [5, 5.41) is 4.87. The summed E-state index contributed by atoms with van der Waals surface area (Å²) in [6, 6.07) is 9.16. The molecule has 1 saturated heterocycles. The van der Waals surface area contributed by atoms with Crippen molar-refractivity contribution in [2.75, 3.05) is 13.1 Å². The third-order valence-corrected chi connectivity index (χ3v) is 4.84. The van der Waals surface area contributed by atoms with Gasteiger partial charge in [-0.15, -0.1) is 0 Å². The molecular weight excluding hydrogens is 338 g/mol. The summed E-state index contributed by atoms with van der Waals surface area (Å²) in [7, 11) is 0. The minimum absolute atomic E-state index is 0.0211. The van der Waals surface area contributed by atoms with Crippen LogP contribution in [0.25, 0.3) is 5.78 Å². The molecule has 1 amide bonds. The first-order chi connectivity index (χ1) is 12.1. The van der Waals surface area contributed by atoms with Crippen LogP contribution < -0.4 is 0 Å². The predicted molar refractivity (Wildman–Crippen MR) is 94.8 cm³/mol. The van der Waals surface area contributed by atoms with E-state index in [9.17, 15) is 4.79 Å². The molecule has 2 aromatic heterocycles. The van der Waals surface area contributed by atoms with Gasteiger partial charge in [-0.2, -0.15) is 10.1 Å². The molecule has 1 fully saturated rings. The number of carbonyl (C=O) groups is 1. The van der Waals surface area contributed by atoms with Crippen LogP contribution >= 0.6 is 11.6 Å². The Kier molecular flexibility index (Phi) is 4.13. The molecule has 0 aliphatic carbocycles. The van der Waals surface area contributed by atoms with Crippen LogP contribution in [0.5, 0.6) is 0 Å². The van der Waals surface area contributed by atoms with Gasteiger partial charge in [0.2, 0.25) is 0 Å². The van der Waals surface area contributed by atoms with Crippen molar-refractivity contribution in [3.8, 4) is 0 Å². The van der Waals surface area contributed by atoms with Crippen LogP contribution in [0, 0.1) is 6.92 Å². The van der Waals surface area contributed by atoms with E-state index in [4.69, 9.17) is 11.6 Å². The molecule has 6 nitrogen and oxygen atoms in total. The summed E-state index contributed by atoms with van der Waals surface area (Å²) in [5.41, 5.74) is 2.60. The quantitative estimate of drug-likeness (QED) is 0.708. The molecule has 7 heteroatoms. The fourth-order valence-corrected chi connectivity index (χ4v) is 3.65. The van der Waals surface area contributed by atoms with Crippen molar-refractivity contribution in [2.24, 2.45) is 0 Å². The van der Waals surface area contributed by atoms with E-state index in [2.05, 4.69) is 15.1 Å². The average molecular weight is 356 g/mol. The smallest absolute Gasteiger partial charge is 0.253 e. The summed E-state index contributed by atoms with van der Waals surface area (Å²) in [6.07, 6.45) is 3.48. The molecule has 0 saturated carbocycles. The average Bonchev–Trinajstić information content (AvgIpc) is 3.08.